The number of amides is 1. The van der Waals surface area contributed by atoms with Crippen LogP contribution in [0.3, 0.4) is 0 Å². The number of hydrogen-bond donors (Lipinski definition) is 2. The predicted molar refractivity (Wildman–Crippen MR) is 142 cm³/mol. The molecular formula is C28H26FN3O3S. The SMILES string of the molecule is CC(C)N(c1ccccc1)c1ccc(NC(=O)c2ccccc2NS(=O)(=O)c2ccc(F)cc2)cc1. The highest BCUT2D eigenvalue weighted by atomic mass is 32.2. The average molecular weight is 504 g/mol. The van der Waals surface area contributed by atoms with Gasteiger partial charge < -0.3 is 10.2 Å². The van der Waals surface area contributed by atoms with Gasteiger partial charge in [-0.2, -0.15) is 0 Å². The van der Waals surface area contributed by atoms with Crippen LogP contribution in [0, 0.1) is 5.82 Å². The first-order valence-corrected chi connectivity index (χ1v) is 12.9. The Morgan fingerprint density at radius 3 is 2.00 bits per heavy atom. The Labute approximate surface area is 210 Å². The van der Waals surface area contributed by atoms with Crippen molar-refractivity contribution in [2.45, 2.75) is 24.8 Å². The van der Waals surface area contributed by atoms with Crippen LogP contribution in [-0.4, -0.2) is 20.4 Å². The summed E-state index contributed by atoms with van der Waals surface area (Å²) in [6.07, 6.45) is 0. The van der Waals surface area contributed by atoms with Crippen LogP contribution in [0.1, 0.15) is 24.2 Å². The van der Waals surface area contributed by atoms with E-state index in [1.807, 2.05) is 42.5 Å². The summed E-state index contributed by atoms with van der Waals surface area (Å²) in [6, 6.07) is 28.5. The smallest absolute Gasteiger partial charge is 0.261 e. The maximum Gasteiger partial charge on any atom is 0.261 e. The van der Waals surface area contributed by atoms with Gasteiger partial charge in [0.15, 0.2) is 0 Å². The first kappa shape index (κ1) is 24.9. The molecule has 0 bridgehead atoms. The molecule has 36 heavy (non-hydrogen) atoms. The zero-order chi connectivity index (χ0) is 25.7. The van der Waals surface area contributed by atoms with E-state index in [2.05, 4.69) is 28.8 Å². The third-order valence-electron chi connectivity index (χ3n) is 5.49. The van der Waals surface area contributed by atoms with E-state index in [0.29, 0.717) is 5.69 Å². The maximum atomic E-state index is 13.2. The van der Waals surface area contributed by atoms with E-state index in [9.17, 15) is 17.6 Å². The number of halogens is 1. The molecule has 0 heterocycles. The summed E-state index contributed by atoms with van der Waals surface area (Å²) in [4.78, 5) is 15.1. The summed E-state index contributed by atoms with van der Waals surface area (Å²) in [5.74, 6) is -1.01. The minimum absolute atomic E-state index is 0.108. The van der Waals surface area contributed by atoms with Gasteiger partial charge >= 0.3 is 0 Å². The van der Waals surface area contributed by atoms with Gasteiger partial charge in [-0.3, -0.25) is 9.52 Å². The van der Waals surface area contributed by atoms with Crippen molar-refractivity contribution in [3.8, 4) is 0 Å². The van der Waals surface area contributed by atoms with Crippen molar-refractivity contribution < 1.29 is 17.6 Å². The molecule has 8 heteroatoms. The maximum absolute atomic E-state index is 13.2. The second-order valence-electron chi connectivity index (χ2n) is 8.41. The normalized spacial score (nSPS) is 11.2. The van der Waals surface area contributed by atoms with E-state index in [1.54, 1.807) is 24.3 Å². The number of carbonyl (C=O) groups is 1. The number of hydrogen-bond acceptors (Lipinski definition) is 4. The zero-order valence-electron chi connectivity index (χ0n) is 19.9. The Morgan fingerprint density at radius 2 is 1.36 bits per heavy atom. The van der Waals surface area contributed by atoms with E-state index < -0.39 is 21.7 Å². The highest BCUT2D eigenvalue weighted by Crippen LogP contribution is 2.29. The lowest BCUT2D eigenvalue weighted by atomic mass is 10.1. The number of carbonyl (C=O) groups excluding carboxylic acids is 1. The van der Waals surface area contributed by atoms with Gasteiger partial charge in [0.1, 0.15) is 5.82 Å². The fraction of sp³-hybridized carbons (Fsp3) is 0.107. The van der Waals surface area contributed by atoms with Crippen LogP contribution in [0.15, 0.2) is 108 Å². The number of para-hydroxylation sites is 2. The molecule has 4 aromatic rings. The topological polar surface area (TPSA) is 78.5 Å². The zero-order valence-corrected chi connectivity index (χ0v) is 20.7. The second kappa shape index (κ2) is 10.6. The van der Waals surface area contributed by atoms with Gasteiger partial charge in [0.2, 0.25) is 0 Å². The Morgan fingerprint density at radius 1 is 0.778 bits per heavy atom. The Balaban J connectivity index is 1.53. The first-order valence-electron chi connectivity index (χ1n) is 11.4. The average Bonchev–Trinajstić information content (AvgIpc) is 2.86. The number of nitrogens with one attached hydrogen (secondary N) is 2. The van der Waals surface area contributed by atoms with Crippen molar-refractivity contribution in [2.75, 3.05) is 14.9 Å². The fourth-order valence-corrected chi connectivity index (χ4v) is 4.91. The van der Waals surface area contributed by atoms with E-state index in [4.69, 9.17) is 0 Å². The molecule has 6 nitrogen and oxygen atoms in total. The molecular weight excluding hydrogens is 477 g/mol. The number of nitrogens with zero attached hydrogens (tertiary/aromatic N) is 1. The molecule has 0 spiro atoms. The Kier molecular flexibility index (Phi) is 7.36. The molecule has 0 aliphatic heterocycles. The van der Waals surface area contributed by atoms with Gasteiger partial charge in [-0.05, 0) is 86.6 Å². The first-order chi connectivity index (χ1) is 17.2. The lowest BCUT2D eigenvalue weighted by molar-refractivity contribution is 0.102. The molecule has 0 saturated carbocycles. The number of anilines is 4. The fourth-order valence-electron chi connectivity index (χ4n) is 3.83. The summed E-state index contributed by atoms with van der Waals surface area (Å²) in [5, 5.41) is 2.82. The molecule has 0 fully saturated rings. The lowest BCUT2D eigenvalue weighted by Crippen LogP contribution is -2.25. The van der Waals surface area contributed by atoms with E-state index in [0.717, 1.165) is 35.6 Å². The van der Waals surface area contributed by atoms with Crippen molar-refractivity contribution >= 4 is 38.7 Å². The van der Waals surface area contributed by atoms with Crippen LogP contribution in [0.25, 0.3) is 0 Å². The van der Waals surface area contributed by atoms with Crippen LogP contribution in [0.2, 0.25) is 0 Å². The molecule has 0 radical (unpaired) electrons. The van der Waals surface area contributed by atoms with Gasteiger partial charge in [-0.15, -0.1) is 0 Å². The van der Waals surface area contributed by atoms with Gasteiger partial charge in [-0.1, -0.05) is 30.3 Å². The lowest BCUT2D eigenvalue weighted by Gasteiger charge is -2.29. The number of rotatable bonds is 8. The van der Waals surface area contributed by atoms with Crippen molar-refractivity contribution in [1.82, 2.24) is 0 Å². The molecule has 0 aromatic heterocycles. The number of sulfonamides is 1. The van der Waals surface area contributed by atoms with Crippen LogP contribution in [0.4, 0.5) is 27.1 Å². The molecule has 1 amide bonds. The van der Waals surface area contributed by atoms with E-state index >= 15 is 0 Å². The van der Waals surface area contributed by atoms with Gasteiger partial charge in [-0.25, -0.2) is 12.8 Å². The quantitative estimate of drug-likeness (QED) is 0.291. The third kappa shape index (κ3) is 5.72. The van der Waals surface area contributed by atoms with E-state index in [-0.39, 0.29) is 22.2 Å². The van der Waals surface area contributed by atoms with Gasteiger partial charge in [0.05, 0.1) is 16.1 Å². The van der Waals surface area contributed by atoms with Gasteiger partial charge in [0.25, 0.3) is 15.9 Å². The van der Waals surface area contributed by atoms with Crippen LogP contribution in [-0.2, 0) is 10.0 Å². The third-order valence-corrected chi connectivity index (χ3v) is 6.88. The highest BCUT2D eigenvalue weighted by molar-refractivity contribution is 7.92. The van der Waals surface area contributed by atoms with Crippen LogP contribution < -0.4 is 14.9 Å². The summed E-state index contributed by atoms with van der Waals surface area (Å²) >= 11 is 0. The van der Waals surface area contributed by atoms with E-state index in [1.165, 1.54) is 12.1 Å². The van der Waals surface area contributed by atoms with Crippen molar-refractivity contribution in [2.24, 2.45) is 0 Å². The molecule has 4 aromatic carbocycles. The summed E-state index contributed by atoms with van der Waals surface area (Å²) < 4.78 is 41.1. The van der Waals surface area contributed by atoms with Gasteiger partial charge in [0, 0.05) is 23.1 Å². The minimum atomic E-state index is -4.01. The van der Waals surface area contributed by atoms with Crippen molar-refractivity contribution in [3.05, 3.63) is 115 Å². The molecule has 0 saturated heterocycles. The summed E-state index contributed by atoms with van der Waals surface area (Å²) in [6.45, 7) is 4.21. The molecule has 184 valence electrons. The molecule has 0 unspecified atom stereocenters. The van der Waals surface area contributed by atoms with Crippen LogP contribution in [0.5, 0.6) is 0 Å². The molecule has 0 atom stereocenters. The number of benzene rings is 4. The van der Waals surface area contributed by atoms with Crippen molar-refractivity contribution in [3.63, 3.8) is 0 Å². The second-order valence-corrected chi connectivity index (χ2v) is 10.1. The Hall–Kier alpha value is -4.17. The summed E-state index contributed by atoms with van der Waals surface area (Å²) in [5.41, 5.74) is 2.87. The highest BCUT2D eigenvalue weighted by Gasteiger charge is 2.19. The predicted octanol–water partition coefficient (Wildman–Crippen LogP) is 6.43. The molecule has 0 aliphatic carbocycles. The minimum Gasteiger partial charge on any atom is -0.339 e. The van der Waals surface area contributed by atoms with Crippen molar-refractivity contribution in [1.29, 1.82) is 0 Å². The monoisotopic (exact) mass is 503 g/mol. The Bertz CT molecular complexity index is 1440. The molecule has 4 rings (SSSR count). The van der Waals surface area contributed by atoms with Crippen LogP contribution >= 0.6 is 0 Å². The molecule has 2 N–H and O–H groups in total. The summed E-state index contributed by atoms with van der Waals surface area (Å²) in [7, 11) is -4.01. The largest absolute Gasteiger partial charge is 0.339 e. The standard InChI is InChI=1S/C28H26FN3O3S/c1-20(2)32(23-8-4-3-5-9-23)24-16-14-22(15-17-24)30-28(33)26-10-6-7-11-27(26)31-36(34,35)25-18-12-21(29)13-19-25/h3-20,31H,1-2H3,(H,30,33). The molecule has 0 aliphatic rings.